The summed E-state index contributed by atoms with van der Waals surface area (Å²) < 4.78 is 79.4. The fraction of sp³-hybridized carbons (Fsp3) is 0.188. The topological polar surface area (TPSA) is 43.6 Å². The Morgan fingerprint density at radius 1 is 0.889 bits per heavy atom. The molecule has 0 saturated heterocycles. The zero-order chi connectivity index (χ0) is 20.0. The smallest absolute Gasteiger partial charge is 0.271 e. The highest BCUT2D eigenvalue weighted by Gasteiger charge is 2.34. The average molecular weight is 451 g/mol. The Bertz CT molecular complexity index is 976. The third kappa shape index (κ3) is 4.12. The number of aryl methyl sites for hydroxylation is 1. The highest BCUT2D eigenvalue weighted by molar-refractivity contribution is 9.10. The molecule has 11 heteroatoms. The Morgan fingerprint density at radius 3 is 2.00 bits per heavy atom. The predicted molar refractivity (Wildman–Crippen MR) is 87.0 cm³/mol. The molecule has 0 aliphatic rings. The fourth-order valence-electron chi connectivity index (χ4n) is 2.31. The lowest BCUT2D eigenvalue weighted by Crippen LogP contribution is -2.13. The Hall–Kier alpha value is -2.43. The van der Waals surface area contributed by atoms with E-state index in [2.05, 4.69) is 30.9 Å². The molecule has 0 amide bonds. The second-order valence-electron chi connectivity index (χ2n) is 5.49. The first-order valence-corrected chi connectivity index (χ1v) is 8.10. The van der Waals surface area contributed by atoms with Crippen LogP contribution in [0, 0.1) is 6.92 Å². The molecule has 0 N–H and O–H groups in total. The van der Waals surface area contributed by atoms with Crippen LogP contribution in [0.4, 0.5) is 26.3 Å². The van der Waals surface area contributed by atoms with Gasteiger partial charge < -0.3 is 0 Å². The molecular formula is C16H9BrF6N4. The van der Waals surface area contributed by atoms with Crippen molar-refractivity contribution in [1.82, 2.24) is 19.5 Å². The van der Waals surface area contributed by atoms with Crippen LogP contribution in [0.25, 0.3) is 17.2 Å². The number of benzene rings is 1. The molecule has 0 atom stereocenters. The predicted octanol–water partition coefficient (Wildman–Crippen LogP) is 5.44. The van der Waals surface area contributed by atoms with Crippen molar-refractivity contribution in [3.8, 4) is 17.2 Å². The van der Waals surface area contributed by atoms with Crippen molar-refractivity contribution >= 4 is 15.9 Å². The number of halogens is 7. The van der Waals surface area contributed by atoms with E-state index in [0.717, 1.165) is 24.3 Å². The first-order valence-electron chi connectivity index (χ1n) is 7.31. The maximum absolute atomic E-state index is 13.2. The van der Waals surface area contributed by atoms with Gasteiger partial charge in [-0.25, -0.2) is 15.0 Å². The van der Waals surface area contributed by atoms with Crippen LogP contribution in [-0.4, -0.2) is 19.5 Å². The van der Waals surface area contributed by atoms with Gasteiger partial charge in [0.1, 0.15) is 10.4 Å². The van der Waals surface area contributed by atoms with Crippen LogP contribution < -0.4 is 0 Å². The summed E-state index contributed by atoms with van der Waals surface area (Å²) in [6.45, 7) is 1.55. The maximum atomic E-state index is 13.2. The van der Waals surface area contributed by atoms with Gasteiger partial charge in [0.05, 0.1) is 11.3 Å². The minimum absolute atomic E-state index is 0.0917. The van der Waals surface area contributed by atoms with Crippen LogP contribution in [0.15, 0.2) is 41.1 Å². The molecule has 0 spiro atoms. The van der Waals surface area contributed by atoms with Gasteiger partial charge in [-0.15, -0.1) is 0 Å². The molecule has 0 fully saturated rings. The molecule has 2 heterocycles. The van der Waals surface area contributed by atoms with E-state index >= 15 is 0 Å². The molecule has 142 valence electrons. The number of alkyl halides is 6. The van der Waals surface area contributed by atoms with Crippen molar-refractivity contribution in [3.63, 3.8) is 0 Å². The number of rotatable bonds is 2. The van der Waals surface area contributed by atoms with E-state index in [9.17, 15) is 26.3 Å². The Morgan fingerprint density at radius 2 is 1.52 bits per heavy atom. The Balaban J connectivity index is 2.15. The molecule has 0 saturated carbocycles. The van der Waals surface area contributed by atoms with Crippen molar-refractivity contribution in [3.05, 3.63) is 58.2 Å². The highest BCUT2D eigenvalue weighted by Crippen LogP contribution is 2.33. The van der Waals surface area contributed by atoms with Crippen LogP contribution in [0.1, 0.15) is 17.1 Å². The summed E-state index contributed by atoms with van der Waals surface area (Å²) in [6, 6.07) is 4.37. The SMILES string of the molecule is Cc1nc(Br)cn1-c1nc(-c2ccc(C(F)(F)F)cc2)cc(C(F)(F)F)n1. The molecule has 1 aromatic carbocycles. The Kier molecular flexibility index (Phi) is 4.74. The second-order valence-corrected chi connectivity index (χ2v) is 6.30. The molecule has 0 bridgehead atoms. The van der Waals surface area contributed by atoms with E-state index in [-0.39, 0.29) is 17.2 Å². The fourth-order valence-corrected chi connectivity index (χ4v) is 2.77. The monoisotopic (exact) mass is 450 g/mol. The average Bonchev–Trinajstić information content (AvgIpc) is 2.91. The van der Waals surface area contributed by atoms with Gasteiger partial charge in [0, 0.05) is 11.8 Å². The van der Waals surface area contributed by atoms with Gasteiger partial charge in [-0.2, -0.15) is 26.3 Å². The van der Waals surface area contributed by atoms with Gasteiger partial charge >= 0.3 is 12.4 Å². The first kappa shape index (κ1) is 19.3. The zero-order valence-electron chi connectivity index (χ0n) is 13.4. The number of nitrogens with zero attached hydrogens (tertiary/aromatic N) is 4. The van der Waals surface area contributed by atoms with E-state index in [1.54, 1.807) is 6.92 Å². The van der Waals surface area contributed by atoms with Gasteiger partial charge in [0.25, 0.3) is 0 Å². The van der Waals surface area contributed by atoms with Crippen molar-refractivity contribution in [2.45, 2.75) is 19.3 Å². The Labute approximate surface area is 157 Å². The zero-order valence-corrected chi connectivity index (χ0v) is 15.0. The molecule has 4 nitrogen and oxygen atoms in total. The molecule has 3 aromatic rings. The summed E-state index contributed by atoms with van der Waals surface area (Å²) >= 11 is 3.11. The van der Waals surface area contributed by atoms with Gasteiger partial charge in [-0.1, -0.05) is 12.1 Å². The van der Waals surface area contributed by atoms with Crippen molar-refractivity contribution in [2.75, 3.05) is 0 Å². The maximum Gasteiger partial charge on any atom is 0.433 e. The van der Waals surface area contributed by atoms with E-state index in [1.165, 1.54) is 10.8 Å². The second kappa shape index (κ2) is 6.63. The number of aromatic nitrogens is 4. The van der Waals surface area contributed by atoms with E-state index in [1.807, 2.05) is 0 Å². The van der Waals surface area contributed by atoms with Crippen LogP contribution >= 0.6 is 15.9 Å². The van der Waals surface area contributed by atoms with Crippen molar-refractivity contribution in [2.24, 2.45) is 0 Å². The van der Waals surface area contributed by atoms with E-state index in [0.29, 0.717) is 16.5 Å². The standard InChI is InChI=1S/C16H9BrF6N4/c1-8-24-13(17)7-27(8)14-25-11(6-12(26-14)16(21,22)23)9-2-4-10(5-3-9)15(18,19)20/h2-7H,1H3. The van der Waals surface area contributed by atoms with Crippen LogP contribution in [0.5, 0.6) is 0 Å². The summed E-state index contributed by atoms with van der Waals surface area (Å²) in [5, 5.41) is 0. The third-order valence-electron chi connectivity index (χ3n) is 3.58. The summed E-state index contributed by atoms with van der Waals surface area (Å²) in [5.74, 6) is 0.0370. The molecule has 0 unspecified atom stereocenters. The van der Waals surface area contributed by atoms with Gasteiger partial charge in [0.15, 0.2) is 5.69 Å². The van der Waals surface area contributed by atoms with E-state index in [4.69, 9.17) is 0 Å². The normalized spacial score (nSPS) is 12.4. The summed E-state index contributed by atoms with van der Waals surface area (Å²) in [5.41, 5.74) is -2.20. The molecule has 27 heavy (non-hydrogen) atoms. The van der Waals surface area contributed by atoms with Crippen LogP contribution in [0.3, 0.4) is 0 Å². The van der Waals surface area contributed by atoms with Gasteiger partial charge in [-0.05, 0) is 41.1 Å². The van der Waals surface area contributed by atoms with Crippen molar-refractivity contribution < 1.29 is 26.3 Å². The summed E-state index contributed by atoms with van der Waals surface area (Å²) in [6.07, 6.45) is -7.92. The minimum Gasteiger partial charge on any atom is -0.271 e. The molecule has 0 radical (unpaired) electrons. The lowest BCUT2D eigenvalue weighted by molar-refractivity contribution is -0.141. The minimum atomic E-state index is -4.76. The number of hydrogen-bond donors (Lipinski definition) is 0. The number of imidazole rings is 1. The lowest BCUT2D eigenvalue weighted by Gasteiger charge is -2.12. The molecular weight excluding hydrogens is 442 g/mol. The largest absolute Gasteiger partial charge is 0.433 e. The quantitative estimate of drug-likeness (QED) is 0.488. The number of hydrogen-bond acceptors (Lipinski definition) is 3. The lowest BCUT2D eigenvalue weighted by atomic mass is 10.1. The van der Waals surface area contributed by atoms with Crippen LogP contribution in [0.2, 0.25) is 0 Å². The van der Waals surface area contributed by atoms with Crippen molar-refractivity contribution in [1.29, 1.82) is 0 Å². The van der Waals surface area contributed by atoms with E-state index < -0.39 is 23.6 Å². The summed E-state index contributed by atoms with van der Waals surface area (Å²) in [4.78, 5) is 11.6. The molecule has 0 aliphatic carbocycles. The summed E-state index contributed by atoms with van der Waals surface area (Å²) in [7, 11) is 0. The molecule has 0 aliphatic heterocycles. The molecule has 2 aromatic heterocycles. The third-order valence-corrected chi connectivity index (χ3v) is 3.96. The van der Waals surface area contributed by atoms with Gasteiger partial charge in [-0.3, -0.25) is 4.57 Å². The van der Waals surface area contributed by atoms with Gasteiger partial charge in [0.2, 0.25) is 5.95 Å². The molecule has 3 rings (SSSR count). The highest BCUT2D eigenvalue weighted by atomic mass is 79.9. The van der Waals surface area contributed by atoms with Crippen LogP contribution in [-0.2, 0) is 12.4 Å². The first-order chi connectivity index (χ1) is 12.4.